The zero-order valence-electron chi connectivity index (χ0n) is 11.4. The van der Waals surface area contributed by atoms with Crippen LogP contribution < -0.4 is 10.1 Å². The van der Waals surface area contributed by atoms with Crippen LogP contribution in [-0.2, 0) is 6.54 Å². The molecule has 3 nitrogen and oxygen atoms in total. The van der Waals surface area contributed by atoms with Crippen LogP contribution in [0, 0.1) is 17.2 Å². The van der Waals surface area contributed by atoms with Crippen LogP contribution in [0.25, 0.3) is 0 Å². The van der Waals surface area contributed by atoms with Gasteiger partial charge in [-0.1, -0.05) is 32.9 Å². The van der Waals surface area contributed by atoms with Gasteiger partial charge in [-0.2, -0.15) is 5.26 Å². The van der Waals surface area contributed by atoms with Crippen molar-refractivity contribution in [2.75, 3.05) is 6.54 Å². The van der Waals surface area contributed by atoms with E-state index >= 15 is 0 Å². The first-order valence-corrected chi connectivity index (χ1v) is 6.51. The lowest BCUT2D eigenvalue weighted by Gasteiger charge is -2.12. The summed E-state index contributed by atoms with van der Waals surface area (Å²) in [6.45, 7) is 8.15. The third kappa shape index (κ3) is 5.20. The van der Waals surface area contributed by atoms with E-state index in [-0.39, 0.29) is 6.10 Å². The second-order valence-corrected chi connectivity index (χ2v) is 4.82. The minimum absolute atomic E-state index is 0.358. The molecule has 0 amide bonds. The van der Waals surface area contributed by atoms with Gasteiger partial charge >= 0.3 is 0 Å². The summed E-state index contributed by atoms with van der Waals surface area (Å²) in [5.74, 6) is 1.42. The Morgan fingerprint density at radius 3 is 2.78 bits per heavy atom. The standard InChI is InChI=1S/C15H22N2O/c1-4-14(9-16)18-15-7-5-6-13(8-15)11-17-10-12(2)3/h5-8,12,14,17H,4,10-11H2,1-3H3. The average molecular weight is 246 g/mol. The molecule has 0 saturated heterocycles. The molecule has 0 radical (unpaired) electrons. The molecule has 1 aromatic rings. The molecule has 0 fully saturated rings. The van der Waals surface area contributed by atoms with E-state index in [9.17, 15) is 0 Å². The molecule has 0 aliphatic heterocycles. The van der Waals surface area contributed by atoms with E-state index in [0.717, 1.165) is 18.8 Å². The van der Waals surface area contributed by atoms with E-state index < -0.39 is 0 Å². The summed E-state index contributed by atoms with van der Waals surface area (Å²) < 4.78 is 5.59. The van der Waals surface area contributed by atoms with Crippen LogP contribution in [-0.4, -0.2) is 12.6 Å². The minimum atomic E-state index is -0.358. The maximum absolute atomic E-state index is 8.87. The molecule has 98 valence electrons. The van der Waals surface area contributed by atoms with Crippen molar-refractivity contribution in [3.63, 3.8) is 0 Å². The van der Waals surface area contributed by atoms with Crippen molar-refractivity contribution in [3.05, 3.63) is 29.8 Å². The summed E-state index contributed by atoms with van der Waals surface area (Å²) in [5.41, 5.74) is 1.18. The van der Waals surface area contributed by atoms with E-state index in [4.69, 9.17) is 10.00 Å². The zero-order valence-corrected chi connectivity index (χ0v) is 11.4. The molecule has 0 aliphatic rings. The smallest absolute Gasteiger partial charge is 0.184 e. The number of rotatable bonds is 7. The number of nitrogens with one attached hydrogen (secondary N) is 1. The molecular weight excluding hydrogens is 224 g/mol. The maximum Gasteiger partial charge on any atom is 0.184 e. The highest BCUT2D eigenvalue weighted by Gasteiger charge is 2.06. The molecule has 0 aliphatic carbocycles. The number of ether oxygens (including phenoxy) is 1. The van der Waals surface area contributed by atoms with Gasteiger partial charge < -0.3 is 10.1 Å². The van der Waals surface area contributed by atoms with E-state index in [1.165, 1.54) is 5.56 Å². The van der Waals surface area contributed by atoms with Crippen molar-refractivity contribution >= 4 is 0 Å². The zero-order chi connectivity index (χ0) is 13.4. The average Bonchev–Trinajstić information content (AvgIpc) is 2.36. The Labute approximate surface area is 110 Å². The molecule has 0 aromatic heterocycles. The number of nitriles is 1. The SMILES string of the molecule is CCC(C#N)Oc1cccc(CNCC(C)C)c1. The predicted molar refractivity (Wildman–Crippen MR) is 73.3 cm³/mol. The van der Waals surface area contributed by atoms with Gasteiger partial charge in [0.2, 0.25) is 0 Å². The van der Waals surface area contributed by atoms with E-state index in [1.54, 1.807) is 0 Å². The van der Waals surface area contributed by atoms with Gasteiger partial charge in [0, 0.05) is 6.54 Å². The van der Waals surface area contributed by atoms with Gasteiger partial charge in [0.1, 0.15) is 11.8 Å². The monoisotopic (exact) mass is 246 g/mol. The van der Waals surface area contributed by atoms with Crippen LogP contribution in [0.5, 0.6) is 5.75 Å². The Hall–Kier alpha value is -1.53. The first kappa shape index (κ1) is 14.5. The van der Waals surface area contributed by atoms with E-state index in [0.29, 0.717) is 12.3 Å². The molecule has 1 unspecified atom stereocenters. The quantitative estimate of drug-likeness (QED) is 0.804. The maximum atomic E-state index is 8.87. The van der Waals surface area contributed by atoms with Crippen LogP contribution in [0.3, 0.4) is 0 Å². The Bertz CT molecular complexity index is 396. The van der Waals surface area contributed by atoms with Crippen molar-refractivity contribution in [1.29, 1.82) is 5.26 Å². The summed E-state index contributed by atoms with van der Waals surface area (Å²) in [4.78, 5) is 0. The van der Waals surface area contributed by atoms with Crippen LogP contribution in [0.15, 0.2) is 24.3 Å². The second-order valence-electron chi connectivity index (χ2n) is 4.82. The summed E-state index contributed by atoms with van der Waals surface area (Å²) in [5, 5.41) is 12.3. The molecule has 0 spiro atoms. The van der Waals surface area contributed by atoms with Gasteiger partial charge in [-0.25, -0.2) is 0 Å². The van der Waals surface area contributed by atoms with Crippen LogP contribution in [0.2, 0.25) is 0 Å². The molecule has 18 heavy (non-hydrogen) atoms. The first-order chi connectivity index (χ1) is 8.65. The van der Waals surface area contributed by atoms with Gasteiger partial charge in [0.25, 0.3) is 0 Å². The third-order valence-corrected chi connectivity index (χ3v) is 2.57. The van der Waals surface area contributed by atoms with Crippen molar-refractivity contribution < 1.29 is 4.74 Å². The Morgan fingerprint density at radius 2 is 2.17 bits per heavy atom. The van der Waals surface area contributed by atoms with E-state index in [1.807, 2.05) is 25.1 Å². The summed E-state index contributed by atoms with van der Waals surface area (Å²) in [7, 11) is 0. The summed E-state index contributed by atoms with van der Waals surface area (Å²) in [6, 6.07) is 10.1. The fourth-order valence-corrected chi connectivity index (χ4v) is 1.60. The highest BCUT2D eigenvalue weighted by Crippen LogP contribution is 2.15. The van der Waals surface area contributed by atoms with E-state index in [2.05, 4.69) is 31.3 Å². The normalized spacial score (nSPS) is 12.2. The summed E-state index contributed by atoms with van der Waals surface area (Å²) >= 11 is 0. The van der Waals surface area contributed by atoms with Crippen LogP contribution in [0.4, 0.5) is 0 Å². The Balaban J connectivity index is 2.54. The van der Waals surface area contributed by atoms with Gasteiger partial charge in [-0.05, 0) is 36.6 Å². The minimum Gasteiger partial charge on any atom is -0.476 e. The van der Waals surface area contributed by atoms with Gasteiger partial charge in [-0.15, -0.1) is 0 Å². The third-order valence-electron chi connectivity index (χ3n) is 2.57. The number of benzene rings is 1. The molecule has 0 saturated carbocycles. The van der Waals surface area contributed by atoms with Crippen molar-refractivity contribution in [1.82, 2.24) is 5.32 Å². The Kier molecular flexibility index (Phi) is 6.24. The largest absolute Gasteiger partial charge is 0.476 e. The lowest BCUT2D eigenvalue weighted by Crippen LogP contribution is -2.19. The summed E-state index contributed by atoms with van der Waals surface area (Å²) in [6.07, 6.45) is 0.343. The fraction of sp³-hybridized carbons (Fsp3) is 0.533. The molecule has 0 bridgehead atoms. The number of nitrogens with zero attached hydrogens (tertiary/aromatic N) is 1. The first-order valence-electron chi connectivity index (χ1n) is 6.51. The lowest BCUT2D eigenvalue weighted by molar-refractivity contribution is 0.251. The molecule has 1 aromatic carbocycles. The Morgan fingerprint density at radius 1 is 1.39 bits per heavy atom. The molecule has 1 N–H and O–H groups in total. The van der Waals surface area contributed by atoms with Crippen LogP contribution >= 0.6 is 0 Å². The highest BCUT2D eigenvalue weighted by molar-refractivity contribution is 5.29. The van der Waals surface area contributed by atoms with Crippen molar-refractivity contribution in [2.45, 2.75) is 39.8 Å². The molecule has 3 heteroatoms. The lowest BCUT2D eigenvalue weighted by atomic mass is 10.2. The number of hydrogen-bond donors (Lipinski definition) is 1. The molecular formula is C15H22N2O. The van der Waals surface area contributed by atoms with Gasteiger partial charge in [-0.3, -0.25) is 0 Å². The predicted octanol–water partition coefficient (Wildman–Crippen LogP) is 3.11. The van der Waals surface area contributed by atoms with Gasteiger partial charge in [0.15, 0.2) is 6.10 Å². The fourth-order valence-electron chi connectivity index (χ4n) is 1.60. The molecule has 1 atom stereocenters. The van der Waals surface area contributed by atoms with Crippen LogP contribution in [0.1, 0.15) is 32.8 Å². The number of hydrogen-bond acceptors (Lipinski definition) is 3. The highest BCUT2D eigenvalue weighted by atomic mass is 16.5. The molecule has 1 rings (SSSR count). The van der Waals surface area contributed by atoms with Gasteiger partial charge in [0.05, 0.1) is 0 Å². The topological polar surface area (TPSA) is 45.0 Å². The van der Waals surface area contributed by atoms with Crippen molar-refractivity contribution in [3.8, 4) is 11.8 Å². The second kappa shape index (κ2) is 7.73. The van der Waals surface area contributed by atoms with Crippen molar-refractivity contribution in [2.24, 2.45) is 5.92 Å². The molecule has 0 heterocycles.